The van der Waals surface area contributed by atoms with Gasteiger partial charge in [-0.3, -0.25) is 9.59 Å². The number of ketones is 2. The van der Waals surface area contributed by atoms with Gasteiger partial charge in [0.25, 0.3) is 0 Å². The van der Waals surface area contributed by atoms with Gasteiger partial charge in [0, 0.05) is 18.3 Å². The molecule has 0 aromatic carbocycles. The van der Waals surface area contributed by atoms with Gasteiger partial charge in [-0.25, -0.2) is 8.42 Å². The molecule has 5 nitrogen and oxygen atoms in total. The Morgan fingerprint density at radius 3 is 2.30 bits per heavy atom. The molecule has 2 unspecified atom stereocenters. The zero-order valence-electron chi connectivity index (χ0n) is 19.0. The maximum Gasteiger partial charge on any atom is 0.181 e. The third-order valence-electron chi connectivity index (χ3n) is 7.60. The minimum absolute atomic E-state index is 0.0248. The molecule has 1 aliphatic heterocycles. The summed E-state index contributed by atoms with van der Waals surface area (Å²) in [7, 11) is -3.86. The van der Waals surface area contributed by atoms with E-state index >= 15 is 0 Å². The first-order valence-electron chi connectivity index (χ1n) is 11.6. The van der Waals surface area contributed by atoms with E-state index in [4.69, 9.17) is 0 Å². The van der Waals surface area contributed by atoms with Crippen LogP contribution in [0.2, 0.25) is 0 Å². The third-order valence-corrected chi connectivity index (χ3v) is 10.9. The molecule has 2 bridgehead atoms. The summed E-state index contributed by atoms with van der Waals surface area (Å²) in [5, 5.41) is 0. The summed E-state index contributed by atoms with van der Waals surface area (Å²) in [6.07, 6.45) is 11.8. The second-order valence-electron chi connectivity index (χ2n) is 9.94. The first-order valence-corrected chi connectivity index (χ1v) is 15.0. The van der Waals surface area contributed by atoms with Gasteiger partial charge < -0.3 is 4.55 Å². The number of fused-ring (bicyclic) bond motifs is 2. The minimum Gasteiger partial charge on any atom is -0.748 e. The van der Waals surface area contributed by atoms with Gasteiger partial charge in [0.2, 0.25) is 0 Å². The van der Waals surface area contributed by atoms with Gasteiger partial charge in [-0.1, -0.05) is 40.0 Å². The molecule has 0 aromatic rings. The van der Waals surface area contributed by atoms with Crippen molar-refractivity contribution in [3.05, 3.63) is 0 Å². The Balaban J connectivity index is 0.000000214. The van der Waals surface area contributed by atoms with E-state index in [0.29, 0.717) is 29.5 Å². The number of hydrogen-bond donors (Lipinski definition) is 0. The van der Waals surface area contributed by atoms with Gasteiger partial charge in [-0.05, 0) is 60.8 Å². The molecule has 174 valence electrons. The number of rotatable bonds is 9. The van der Waals surface area contributed by atoms with E-state index in [9.17, 15) is 22.6 Å². The smallest absolute Gasteiger partial charge is 0.181 e. The van der Waals surface area contributed by atoms with Crippen molar-refractivity contribution >= 4 is 32.6 Å². The normalized spacial score (nSPS) is 28.3. The zero-order valence-corrected chi connectivity index (χ0v) is 20.7. The summed E-state index contributed by atoms with van der Waals surface area (Å²) < 4.78 is 32.7. The highest BCUT2D eigenvalue weighted by Crippen LogP contribution is 2.64. The topological polar surface area (TPSA) is 91.3 Å². The van der Waals surface area contributed by atoms with Gasteiger partial charge in [0.1, 0.15) is 17.3 Å². The second-order valence-corrected chi connectivity index (χ2v) is 13.7. The molecule has 0 aromatic heterocycles. The summed E-state index contributed by atoms with van der Waals surface area (Å²) >= 11 is 0. The van der Waals surface area contributed by atoms with Crippen molar-refractivity contribution in [1.29, 1.82) is 0 Å². The molecule has 3 rings (SSSR count). The molecule has 30 heavy (non-hydrogen) atoms. The molecule has 2 atom stereocenters. The molecule has 0 amide bonds. The van der Waals surface area contributed by atoms with E-state index in [1.807, 2.05) is 13.8 Å². The van der Waals surface area contributed by atoms with Crippen molar-refractivity contribution in [3.8, 4) is 0 Å². The average molecular weight is 461 g/mol. The Bertz CT molecular complexity index is 694. The average Bonchev–Trinajstić information content (AvgIpc) is 2.99. The van der Waals surface area contributed by atoms with Crippen molar-refractivity contribution in [2.24, 2.45) is 16.7 Å². The van der Waals surface area contributed by atoms with Crippen molar-refractivity contribution in [2.45, 2.75) is 91.4 Å². The first kappa shape index (κ1) is 25.9. The van der Waals surface area contributed by atoms with Gasteiger partial charge in [0.15, 0.2) is 11.5 Å². The fourth-order valence-corrected chi connectivity index (χ4v) is 9.09. The highest BCUT2D eigenvalue weighted by Gasteiger charge is 2.64. The van der Waals surface area contributed by atoms with E-state index in [2.05, 4.69) is 6.92 Å². The second kappa shape index (κ2) is 11.0. The summed E-state index contributed by atoms with van der Waals surface area (Å²) in [5.74, 6) is 3.84. The molecular weight excluding hydrogens is 420 g/mol. The van der Waals surface area contributed by atoms with E-state index < -0.39 is 21.3 Å². The monoisotopic (exact) mass is 460 g/mol. The van der Waals surface area contributed by atoms with Crippen LogP contribution in [0.15, 0.2) is 0 Å². The molecule has 1 saturated heterocycles. The lowest BCUT2D eigenvalue weighted by molar-refractivity contribution is -0.128. The molecule has 1 heterocycles. The zero-order chi connectivity index (χ0) is 22.4. The van der Waals surface area contributed by atoms with E-state index in [0.717, 1.165) is 25.0 Å². The van der Waals surface area contributed by atoms with Gasteiger partial charge in [0.05, 0.1) is 15.9 Å². The Morgan fingerprint density at radius 1 is 1.13 bits per heavy atom. The highest BCUT2D eigenvalue weighted by atomic mass is 32.2. The van der Waals surface area contributed by atoms with Crippen molar-refractivity contribution in [3.63, 3.8) is 0 Å². The van der Waals surface area contributed by atoms with E-state index in [1.54, 1.807) is 0 Å². The fourth-order valence-electron chi connectivity index (χ4n) is 5.49. The standard InChI is InChI=1S/C13H25OS.C10H16O4S/c1-2-3-4-6-9-13(14)12-15-10-7-5-8-11-15;1-9(2)7-3-4-10(9,8(11)5-7)6-15(12,13)14/h2-12H2,1H3;7H,3-6H2,1-2H3,(H,12,13,14)/q+1;/p-1. The lowest BCUT2D eigenvalue weighted by atomic mass is 9.70. The van der Waals surface area contributed by atoms with Crippen molar-refractivity contribution in [2.75, 3.05) is 23.0 Å². The predicted molar refractivity (Wildman–Crippen MR) is 123 cm³/mol. The summed E-state index contributed by atoms with van der Waals surface area (Å²) in [6, 6.07) is 0. The molecule has 0 N–H and O–H groups in total. The van der Waals surface area contributed by atoms with Gasteiger partial charge in [-0.15, -0.1) is 0 Å². The summed E-state index contributed by atoms with van der Waals surface area (Å²) in [5.41, 5.74) is -1.22. The lowest BCUT2D eigenvalue weighted by Gasteiger charge is -2.37. The predicted octanol–water partition coefficient (Wildman–Crippen LogP) is 4.26. The van der Waals surface area contributed by atoms with Crippen LogP contribution < -0.4 is 0 Å². The number of unbranched alkanes of at least 4 members (excludes halogenated alkanes) is 3. The summed E-state index contributed by atoms with van der Waals surface area (Å²) in [4.78, 5) is 23.5. The van der Waals surface area contributed by atoms with E-state index in [-0.39, 0.29) is 17.1 Å². The fraction of sp³-hybridized carbons (Fsp3) is 0.913. The Morgan fingerprint density at radius 2 is 1.80 bits per heavy atom. The first-order chi connectivity index (χ1) is 14.0. The molecule has 3 fully saturated rings. The summed E-state index contributed by atoms with van der Waals surface area (Å²) in [6.45, 7) is 6.05. The van der Waals surface area contributed by atoms with Crippen LogP contribution in [0.1, 0.15) is 91.4 Å². The van der Waals surface area contributed by atoms with Crippen molar-refractivity contribution in [1.82, 2.24) is 0 Å². The Labute approximate surface area is 186 Å². The molecule has 3 aliphatic rings. The molecule has 0 radical (unpaired) electrons. The number of carbonyl (C=O) groups is 2. The molecule has 0 spiro atoms. The largest absolute Gasteiger partial charge is 0.748 e. The molecule has 7 heteroatoms. The van der Waals surface area contributed by atoms with Crippen LogP contribution in [-0.2, 0) is 30.6 Å². The number of hydrogen-bond acceptors (Lipinski definition) is 5. The minimum atomic E-state index is -4.33. The van der Waals surface area contributed by atoms with Crippen LogP contribution in [0.3, 0.4) is 0 Å². The highest BCUT2D eigenvalue weighted by molar-refractivity contribution is 7.97. The quantitative estimate of drug-likeness (QED) is 0.291. The van der Waals surface area contributed by atoms with Crippen LogP contribution in [0, 0.1) is 16.7 Å². The maximum absolute atomic E-state index is 11.8. The molecular formula is C23H40O5S2. The maximum atomic E-state index is 11.8. The Kier molecular flexibility index (Phi) is 9.44. The lowest BCUT2D eigenvalue weighted by Crippen LogP contribution is -2.42. The Hall–Kier alpha value is -0.400. The molecule has 2 saturated carbocycles. The van der Waals surface area contributed by atoms with E-state index in [1.165, 1.54) is 50.0 Å². The van der Waals surface area contributed by atoms with Crippen molar-refractivity contribution < 1.29 is 22.6 Å². The number of carbonyl (C=O) groups excluding carboxylic acids is 2. The molecule has 2 aliphatic carbocycles. The number of Topliss-reactive ketones (excluding diaryl/α,β-unsaturated/α-hetero) is 2. The van der Waals surface area contributed by atoms with Crippen LogP contribution in [-0.4, -0.2) is 47.5 Å². The van der Waals surface area contributed by atoms with Gasteiger partial charge >= 0.3 is 0 Å². The van der Waals surface area contributed by atoms with Crippen LogP contribution >= 0.6 is 0 Å². The van der Waals surface area contributed by atoms with Crippen LogP contribution in [0.25, 0.3) is 0 Å². The van der Waals surface area contributed by atoms with Gasteiger partial charge in [-0.2, -0.15) is 0 Å². The van der Waals surface area contributed by atoms with Crippen LogP contribution in [0.5, 0.6) is 0 Å². The third kappa shape index (κ3) is 6.55. The van der Waals surface area contributed by atoms with Crippen LogP contribution in [0.4, 0.5) is 0 Å². The SMILES string of the molecule is CC1(C)C2CCC1(CS(=O)(=O)[O-])C(=O)C2.CCCCCCC(=O)C[S+]1CCCCC1.